The third kappa shape index (κ3) is 3.75. The highest BCUT2D eigenvalue weighted by Crippen LogP contribution is 2.31. The molecule has 134 valence electrons. The van der Waals surface area contributed by atoms with Gasteiger partial charge in [-0.3, -0.25) is 24.6 Å². The Morgan fingerprint density at radius 3 is 2.96 bits per heavy atom. The molecule has 0 saturated heterocycles. The maximum Gasteiger partial charge on any atom is 0.278 e. The molecule has 0 saturated carbocycles. The molecule has 10 heteroatoms. The number of aliphatic hydroxyl groups is 1. The van der Waals surface area contributed by atoms with Crippen LogP contribution in [-0.4, -0.2) is 43.9 Å². The van der Waals surface area contributed by atoms with E-state index in [0.717, 1.165) is 0 Å². The number of nitro benzene ring substituents is 1. The number of rotatable bonds is 7. The fourth-order valence-electron chi connectivity index (χ4n) is 2.49. The first-order chi connectivity index (χ1) is 12.6. The van der Waals surface area contributed by atoms with Crippen molar-refractivity contribution in [1.82, 2.24) is 20.1 Å². The molecule has 3 aromatic rings. The van der Waals surface area contributed by atoms with Crippen molar-refractivity contribution in [3.63, 3.8) is 0 Å². The van der Waals surface area contributed by atoms with Crippen LogP contribution in [0.4, 0.5) is 17.1 Å². The Bertz CT molecular complexity index is 955. The maximum atomic E-state index is 11.6. The highest BCUT2D eigenvalue weighted by Gasteiger charge is 2.15. The zero-order valence-corrected chi connectivity index (χ0v) is 13.6. The van der Waals surface area contributed by atoms with E-state index in [0.29, 0.717) is 22.3 Å². The first-order valence-corrected chi connectivity index (χ1v) is 7.77. The van der Waals surface area contributed by atoms with E-state index >= 15 is 0 Å². The molecule has 0 atom stereocenters. The molecule has 1 aromatic carbocycles. The van der Waals surface area contributed by atoms with Crippen LogP contribution in [0, 0.1) is 10.1 Å². The largest absolute Gasteiger partial charge is 0.395 e. The van der Waals surface area contributed by atoms with E-state index in [4.69, 9.17) is 5.11 Å². The number of pyridine rings is 1. The third-order valence-corrected chi connectivity index (χ3v) is 3.60. The average molecular weight is 356 g/mol. The molecule has 3 rings (SSSR count). The van der Waals surface area contributed by atoms with E-state index in [1.165, 1.54) is 16.9 Å². The van der Waals surface area contributed by atoms with Crippen molar-refractivity contribution in [1.29, 1.82) is 0 Å². The Labute approximate surface area is 147 Å². The molecule has 0 aliphatic rings. The minimum absolute atomic E-state index is 0.0148. The van der Waals surface area contributed by atoms with Gasteiger partial charge in [0.05, 0.1) is 34.5 Å². The minimum Gasteiger partial charge on any atom is -0.395 e. The number of nitrogens with zero attached hydrogens (tertiary/aromatic N) is 4. The summed E-state index contributed by atoms with van der Waals surface area (Å²) in [6, 6.07) is 6.28. The average Bonchev–Trinajstić information content (AvgIpc) is 3.06. The van der Waals surface area contributed by atoms with Crippen molar-refractivity contribution in [2.24, 2.45) is 0 Å². The van der Waals surface area contributed by atoms with Crippen molar-refractivity contribution < 1.29 is 14.8 Å². The first-order valence-electron chi connectivity index (χ1n) is 7.77. The Morgan fingerprint density at radius 1 is 1.35 bits per heavy atom. The summed E-state index contributed by atoms with van der Waals surface area (Å²) >= 11 is 0. The van der Waals surface area contributed by atoms with Gasteiger partial charge in [0.25, 0.3) is 5.69 Å². The van der Waals surface area contributed by atoms with Crippen LogP contribution < -0.4 is 10.6 Å². The zero-order valence-electron chi connectivity index (χ0n) is 13.6. The van der Waals surface area contributed by atoms with E-state index in [2.05, 4.69) is 20.7 Å². The van der Waals surface area contributed by atoms with Crippen LogP contribution >= 0.6 is 0 Å². The lowest BCUT2D eigenvalue weighted by atomic mass is 10.1. The highest BCUT2D eigenvalue weighted by atomic mass is 16.6. The summed E-state index contributed by atoms with van der Waals surface area (Å²) in [5.74, 6) is -0.267. The first kappa shape index (κ1) is 17.3. The smallest absolute Gasteiger partial charge is 0.278 e. The number of benzene rings is 1. The summed E-state index contributed by atoms with van der Waals surface area (Å²) in [5.41, 5.74) is 1.65. The summed E-state index contributed by atoms with van der Waals surface area (Å²) in [6.07, 6.45) is 4.73. The van der Waals surface area contributed by atoms with E-state index in [1.54, 1.807) is 30.6 Å². The maximum absolute atomic E-state index is 11.6. The van der Waals surface area contributed by atoms with Gasteiger partial charge in [-0.1, -0.05) is 0 Å². The van der Waals surface area contributed by atoms with Crippen molar-refractivity contribution in [3.8, 4) is 0 Å². The molecule has 0 aliphatic heterocycles. The number of anilines is 2. The molecular formula is C16H16N6O4. The lowest BCUT2D eigenvalue weighted by Crippen LogP contribution is -2.30. The van der Waals surface area contributed by atoms with Crippen molar-refractivity contribution in [2.75, 3.05) is 18.5 Å². The number of carbonyl (C=O) groups excluding carboxylic acids is 1. The lowest BCUT2D eigenvalue weighted by Gasteiger charge is -2.07. The van der Waals surface area contributed by atoms with Gasteiger partial charge in [0, 0.05) is 25.0 Å². The van der Waals surface area contributed by atoms with Crippen LogP contribution in [-0.2, 0) is 11.3 Å². The second-order valence-corrected chi connectivity index (χ2v) is 5.41. The number of nitrogens with one attached hydrogen (secondary N) is 2. The molecule has 2 heterocycles. The third-order valence-electron chi connectivity index (χ3n) is 3.60. The van der Waals surface area contributed by atoms with Crippen LogP contribution in [0.2, 0.25) is 0 Å². The number of carbonyl (C=O) groups is 1. The highest BCUT2D eigenvalue weighted by molar-refractivity contribution is 5.97. The molecule has 10 nitrogen and oxygen atoms in total. The van der Waals surface area contributed by atoms with E-state index in [1.807, 2.05) is 0 Å². The fourth-order valence-corrected chi connectivity index (χ4v) is 2.49. The molecule has 26 heavy (non-hydrogen) atoms. The fraction of sp³-hybridized carbons (Fsp3) is 0.188. The minimum atomic E-state index is -0.448. The van der Waals surface area contributed by atoms with Gasteiger partial charge < -0.3 is 15.7 Å². The van der Waals surface area contributed by atoms with Gasteiger partial charge in [0.2, 0.25) is 5.91 Å². The summed E-state index contributed by atoms with van der Waals surface area (Å²) in [6.45, 7) is 0.0739. The van der Waals surface area contributed by atoms with Crippen LogP contribution in [0.25, 0.3) is 10.9 Å². The van der Waals surface area contributed by atoms with E-state index in [9.17, 15) is 14.9 Å². The van der Waals surface area contributed by atoms with Gasteiger partial charge in [0.15, 0.2) is 0 Å². The SMILES string of the molecule is O=C(Cn1cc(Nc2ccc([N+](=O)[O-])c3cccnc23)cn1)NCCO. The van der Waals surface area contributed by atoms with Crippen LogP contribution in [0.15, 0.2) is 42.9 Å². The predicted molar refractivity (Wildman–Crippen MR) is 94.0 cm³/mol. The quantitative estimate of drug-likeness (QED) is 0.427. The van der Waals surface area contributed by atoms with Crippen LogP contribution in [0.3, 0.4) is 0 Å². The number of aliphatic hydroxyl groups excluding tert-OH is 1. The second kappa shape index (κ2) is 7.57. The Morgan fingerprint density at radius 2 is 2.19 bits per heavy atom. The Balaban J connectivity index is 1.81. The number of aromatic nitrogens is 3. The van der Waals surface area contributed by atoms with Crippen LogP contribution in [0.1, 0.15) is 0 Å². The van der Waals surface area contributed by atoms with Crippen LogP contribution in [0.5, 0.6) is 0 Å². The molecular weight excluding hydrogens is 340 g/mol. The summed E-state index contributed by atoms with van der Waals surface area (Å²) in [4.78, 5) is 26.6. The normalized spacial score (nSPS) is 10.7. The Hall–Kier alpha value is -3.53. The summed E-state index contributed by atoms with van der Waals surface area (Å²) in [7, 11) is 0. The van der Waals surface area contributed by atoms with Crippen molar-refractivity contribution in [3.05, 3.63) is 53.0 Å². The molecule has 0 aliphatic carbocycles. The molecule has 0 bridgehead atoms. The van der Waals surface area contributed by atoms with Gasteiger partial charge in [-0.15, -0.1) is 0 Å². The molecule has 0 unspecified atom stereocenters. The number of hydrogen-bond donors (Lipinski definition) is 3. The van der Waals surface area contributed by atoms with Gasteiger partial charge in [-0.2, -0.15) is 5.10 Å². The zero-order chi connectivity index (χ0) is 18.5. The van der Waals surface area contributed by atoms with Crippen molar-refractivity contribution in [2.45, 2.75) is 6.54 Å². The monoisotopic (exact) mass is 356 g/mol. The standard InChI is InChI=1S/C16H16N6O4/c23-7-6-17-15(24)10-21-9-11(8-19-21)20-13-3-4-14(22(25)26)12-2-1-5-18-16(12)13/h1-5,8-9,20,23H,6-7,10H2,(H,17,24). The molecule has 2 aromatic heterocycles. The van der Waals surface area contributed by atoms with Crippen molar-refractivity contribution >= 4 is 33.9 Å². The number of non-ortho nitro benzene ring substituents is 1. The van der Waals surface area contributed by atoms with E-state index < -0.39 is 4.92 Å². The predicted octanol–water partition coefficient (Wildman–Crippen LogP) is 1.19. The topological polar surface area (TPSA) is 135 Å². The number of amides is 1. The second-order valence-electron chi connectivity index (χ2n) is 5.41. The summed E-state index contributed by atoms with van der Waals surface area (Å²) < 4.78 is 1.44. The van der Waals surface area contributed by atoms with Gasteiger partial charge in [0.1, 0.15) is 12.1 Å². The number of nitro groups is 1. The molecule has 0 fully saturated rings. The number of hydrogen-bond acceptors (Lipinski definition) is 7. The Kier molecular flexibility index (Phi) is 5.04. The molecule has 3 N–H and O–H groups in total. The lowest BCUT2D eigenvalue weighted by molar-refractivity contribution is -0.383. The molecule has 0 spiro atoms. The van der Waals surface area contributed by atoms with E-state index in [-0.39, 0.29) is 31.3 Å². The summed E-state index contributed by atoms with van der Waals surface area (Å²) in [5, 5.41) is 30.0. The molecule has 1 amide bonds. The number of fused-ring (bicyclic) bond motifs is 1. The molecule has 0 radical (unpaired) electrons. The van der Waals surface area contributed by atoms with Gasteiger partial charge in [-0.05, 0) is 18.2 Å². The van der Waals surface area contributed by atoms with Gasteiger partial charge >= 0.3 is 0 Å². The van der Waals surface area contributed by atoms with Gasteiger partial charge in [-0.25, -0.2) is 0 Å².